The molecule has 9 nitrogen and oxygen atoms in total. The number of rotatable bonds is 13. The molecule has 2 aromatic rings. The van der Waals surface area contributed by atoms with Gasteiger partial charge < -0.3 is 16.0 Å². The van der Waals surface area contributed by atoms with Gasteiger partial charge in [0.1, 0.15) is 10.0 Å². The highest BCUT2D eigenvalue weighted by atomic mass is 32.2. The van der Waals surface area contributed by atoms with E-state index in [1.807, 2.05) is 6.92 Å². The Morgan fingerprint density at radius 3 is 2.40 bits per heavy atom. The second-order valence-electron chi connectivity index (χ2n) is 6.35. The summed E-state index contributed by atoms with van der Waals surface area (Å²) in [5, 5.41) is 27.2. The first-order valence-electron chi connectivity index (χ1n) is 9.20. The topological polar surface area (TPSA) is 122 Å². The number of carbonyl (C=O) groups excluding carboxylic acids is 2. The minimum atomic E-state index is -0.178. The zero-order valence-corrected chi connectivity index (χ0v) is 19.4. The number of thioether (sulfide) groups is 1. The van der Waals surface area contributed by atoms with Crippen molar-refractivity contribution < 1.29 is 9.59 Å². The van der Waals surface area contributed by atoms with Gasteiger partial charge in [-0.25, -0.2) is 0 Å². The number of anilines is 2. The third-order valence-corrected chi connectivity index (χ3v) is 6.64. The normalized spacial score (nSPS) is 11.5. The van der Waals surface area contributed by atoms with Crippen molar-refractivity contribution in [3.63, 3.8) is 0 Å². The van der Waals surface area contributed by atoms with Gasteiger partial charge in [0.2, 0.25) is 22.1 Å². The highest BCUT2D eigenvalue weighted by Crippen LogP contribution is 2.22. The lowest BCUT2D eigenvalue weighted by molar-refractivity contribution is -0.117. The fourth-order valence-electron chi connectivity index (χ4n) is 2.08. The average molecular weight is 468 g/mol. The standard InChI is InChI=1S/C18H25N7O2S3/c1-5-11(2)8-13(26)20-17-24-22-15(29-17)6-7-28-10-16-23-25-18(30-16)21-14(27)9-12(3)19-4/h5,11,19H,1,3,6-10H2,2,4H3,(H,20,24,26)(H,21,25,27). The van der Waals surface area contributed by atoms with Crippen LogP contribution in [0, 0.1) is 5.92 Å². The van der Waals surface area contributed by atoms with Crippen LogP contribution < -0.4 is 16.0 Å². The zero-order valence-electron chi connectivity index (χ0n) is 16.9. The second kappa shape index (κ2) is 12.4. The molecule has 30 heavy (non-hydrogen) atoms. The largest absolute Gasteiger partial charge is 0.391 e. The summed E-state index contributed by atoms with van der Waals surface area (Å²) in [5.74, 6) is 1.38. The van der Waals surface area contributed by atoms with Gasteiger partial charge in [0.25, 0.3) is 0 Å². The van der Waals surface area contributed by atoms with Crippen molar-refractivity contribution in [3.8, 4) is 0 Å². The van der Waals surface area contributed by atoms with Crippen LogP contribution in [0.4, 0.5) is 10.3 Å². The van der Waals surface area contributed by atoms with E-state index in [1.54, 1.807) is 24.9 Å². The fourth-order valence-corrected chi connectivity index (χ4v) is 4.71. The maximum absolute atomic E-state index is 11.9. The van der Waals surface area contributed by atoms with E-state index in [9.17, 15) is 9.59 Å². The van der Waals surface area contributed by atoms with Gasteiger partial charge in [-0.15, -0.1) is 27.0 Å². The summed E-state index contributed by atoms with van der Waals surface area (Å²) in [5.41, 5.74) is 0.638. The van der Waals surface area contributed by atoms with Crippen LogP contribution >= 0.6 is 34.4 Å². The molecule has 12 heteroatoms. The maximum Gasteiger partial charge on any atom is 0.232 e. The van der Waals surface area contributed by atoms with Crippen molar-refractivity contribution >= 4 is 56.5 Å². The molecule has 0 saturated carbocycles. The number of aryl methyl sites for hydroxylation is 1. The lowest BCUT2D eigenvalue weighted by Gasteiger charge is -2.04. The van der Waals surface area contributed by atoms with Crippen molar-refractivity contribution in [2.45, 2.75) is 31.9 Å². The van der Waals surface area contributed by atoms with Crippen LogP contribution in [0.2, 0.25) is 0 Å². The summed E-state index contributed by atoms with van der Waals surface area (Å²) in [7, 11) is 1.72. The van der Waals surface area contributed by atoms with Crippen LogP contribution in [0.5, 0.6) is 0 Å². The third kappa shape index (κ3) is 8.59. The molecule has 1 unspecified atom stereocenters. The third-order valence-electron chi connectivity index (χ3n) is 3.75. The van der Waals surface area contributed by atoms with Crippen molar-refractivity contribution in [2.24, 2.45) is 5.92 Å². The molecule has 2 aromatic heterocycles. The SMILES string of the molecule is C=CC(C)CC(=O)Nc1nnc(CCSCc2nnc(NC(=O)CC(=C)NC)s2)s1. The fraction of sp³-hybridized carbons (Fsp3) is 0.444. The molecule has 0 aromatic carbocycles. The zero-order chi connectivity index (χ0) is 21.9. The number of amides is 2. The van der Waals surface area contributed by atoms with Gasteiger partial charge in [-0.3, -0.25) is 9.59 Å². The van der Waals surface area contributed by atoms with E-state index in [1.165, 1.54) is 22.7 Å². The molecule has 0 aliphatic heterocycles. The Kier molecular flexibility index (Phi) is 9.91. The summed E-state index contributed by atoms with van der Waals surface area (Å²) in [6.07, 6.45) is 3.06. The molecule has 2 amide bonds. The van der Waals surface area contributed by atoms with Crippen LogP contribution in [0.25, 0.3) is 0 Å². The van der Waals surface area contributed by atoms with Gasteiger partial charge in [-0.05, 0) is 5.92 Å². The van der Waals surface area contributed by atoms with Gasteiger partial charge in [0, 0.05) is 37.1 Å². The molecule has 0 spiro atoms. The van der Waals surface area contributed by atoms with Crippen molar-refractivity contribution in [3.05, 3.63) is 34.9 Å². The number of nitrogens with zero attached hydrogens (tertiary/aromatic N) is 4. The molecule has 2 rings (SSSR count). The molecule has 0 radical (unpaired) electrons. The number of aromatic nitrogens is 4. The van der Waals surface area contributed by atoms with Gasteiger partial charge in [-0.1, -0.05) is 42.3 Å². The van der Waals surface area contributed by atoms with Crippen LogP contribution in [0.3, 0.4) is 0 Å². The van der Waals surface area contributed by atoms with Gasteiger partial charge >= 0.3 is 0 Å². The molecular weight excluding hydrogens is 442 g/mol. The maximum atomic E-state index is 11.9. The van der Waals surface area contributed by atoms with Gasteiger partial charge in [0.15, 0.2) is 0 Å². The summed E-state index contributed by atoms with van der Waals surface area (Å²) in [6.45, 7) is 9.34. The second-order valence-corrected chi connectivity index (χ2v) is 9.58. The number of hydrogen-bond donors (Lipinski definition) is 3. The smallest absolute Gasteiger partial charge is 0.232 e. The summed E-state index contributed by atoms with van der Waals surface area (Å²) < 4.78 is 0. The molecule has 0 aliphatic carbocycles. The van der Waals surface area contributed by atoms with Crippen LogP contribution in [-0.2, 0) is 21.8 Å². The Bertz CT molecular complexity index is 881. The Labute approximate surface area is 187 Å². The number of hydrogen-bond acceptors (Lipinski definition) is 10. The molecule has 3 N–H and O–H groups in total. The number of nitrogens with one attached hydrogen (secondary N) is 3. The van der Waals surface area contributed by atoms with Crippen LogP contribution in [-0.4, -0.2) is 45.0 Å². The van der Waals surface area contributed by atoms with Crippen molar-refractivity contribution in [1.82, 2.24) is 25.7 Å². The number of carbonyl (C=O) groups is 2. The monoisotopic (exact) mass is 467 g/mol. The Hall–Kier alpha value is -2.31. The van der Waals surface area contributed by atoms with Crippen LogP contribution in [0.15, 0.2) is 24.9 Å². The van der Waals surface area contributed by atoms with E-state index in [-0.39, 0.29) is 24.2 Å². The minimum absolute atomic E-state index is 0.0890. The van der Waals surface area contributed by atoms with E-state index < -0.39 is 0 Å². The van der Waals surface area contributed by atoms with E-state index in [2.05, 4.69) is 49.5 Å². The molecule has 162 valence electrons. The summed E-state index contributed by atoms with van der Waals surface area (Å²) >= 11 is 4.43. The first kappa shape index (κ1) is 24.0. The molecule has 0 saturated heterocycles. The molecule has 0 aliphatic rings. The Morgan fingerprint density at radius 1 is 1.10 bits per heavy atom. The Morgan fingerprint density at radius 2 is 1.73 bits per heavy atom. The van der Waals surface area contributed by atoms with E-state index >= 15 is 0 Å². The minimum Gasteiger partial charge on any atom is -0.391 e. The summed E-state index contributed by atoms with van der Waals surface area (Å²) in [6, 6.07) is 0. The molecule has 0 bridgehead atoms. The van der Waals surface area contributed by atoms with E-state index in [0.29, 0.717) is 28.1 Å². The average Bonchev–Trinajstić information content (AvgIpc) is 3.34. The van der Waals surface area contributed by atoms with Gasteiger partial charge in [-0.2, -0.15) is 11.8 Å². The quantitative estimate of drug-likeness (QED) is 0.303. The Balaban J connectivity index is 1.68. The molecule has 1 atom stereocenters. The molecule has 0 fully saturated rings. The summed E-state index contributed by atoms with van der Waals surface area (Å²) in [4.78, 5) is 23.7. The molecule has 2 heterocycles. The predicted molar refractivity (Wildman–Crippen MR) is 124 cm³/mol. The highest BCUT2D eigenvalue weighted by molar-refractivity contribution is 7.98. The van der Waals surface area contributed by atoms with Gasteiger partial charge in [0.05, 0.1) is 6.42 Å². The molecular formula is C18H25N7O2S3. The first-order valence-corrected chi connectivity index (χ1v) is 12.0. The lowest BCUT2D eigenvalue weighted by atomic mass is 10.1. The van der Waals surface area contributed by atoms with Crippen molar-refractivity contribution in [2.75, 3.05) is 23.4 Å². The lowest BCUT2D eigenvalue weighted by Crippen LogP contribution is -2.16. The van der Waals surface area contributed by atoms with E-state index in [0.717, 1.165) is 22.2 Å². The van der Waals surface area contributed by atoms with Crippen molar-refractivity contribution in [1.29, 1.82) is 0 Å². The van der Waals surface area contributed by atoms with E-state index in [4.69, 9.17) is 0 Å². The highest BCUT2D eigenvalue weighted by Gasteiger charge is 2.11. The first-order chi connectivity index (χ1) is 14.4. The van der Waals surface area contributed by atoms with Crippen LogP contribution in [0.1, 0.15) is 29.8 Å². The number of allylic oxidation sites excluding steroid dienone is 1. The predicted octanol–water partition coefficient (Wildman–Crippen LogP) is 3.08.